The highest BCUT2D eigenvalue weighted by atomic mass is 16.7. The number of nitrogens with one attached hydrogen (secondary N) is 1. The third kappa shape index (κ3) is 6.26. The predicted molar refractivity (Wildman–Crippen MR) is 123 cm³/mol. The van der Waals surface area contributed by atoms with E-state index in [0.717, 1.165) is 0 Å². The molecule has 32 heavy (non-hydrogen) atoms. The summed E-state index contributed by atoms with van der Waals surface area (Å²) in [6.07, 6.45) is 1.27. The number of methoxy groups -OCH3 is 2. The number of ether oxygens (including phenoxy) is 3. The van der Waals surface area contributed by atoms with E-state index in [0.29, 0.717) is 22.3 Å². The number of rotatable bonds is 6. The summed E-state index contributed by atoms with van der Waals surface area (Å²) in [5.41, 5.74) is -0.00567. The molecule has 0 radical (unpaired) electrons. The van der Waals surface area contributed by atoms with Crippen molar-refractivity contribution in [3.63, 3.8) is 0 Å². The lowest BCUT2D eigenvalue weighted by molar-refractivity contribution is 0.00578. The number of amides is 1. The quantitative estimate of drug-likeness (QED) is 0.520. The summed E-state index contributed by atoms with van der Waals surface area (Å²) in [6.45, 7) is 13.3. The fourth-order valence-electron chi connectivity index (χ4n) is 2.96. The number of hydrogen-bond acceptors (Lipinski definition) is 7. The maximum Gasteiger partial charge on any atom is 0.492 e. The van der Waals surface area contributed by atoms with Gasteiger partial charge in [-0.2, -0.15) is 0 Å². The zero-order chi connectivity index (χ0) is 24.3. The van der Waals surface area contributed by atoms with Crippen LogP contribution >= 0.6 is 0 Å². The number of alkyl carbamates (subject to hydrolysis) is 1. The van der Waals surface area contributed by atoms with Gasteiger partial charge in [0.2, 0.25) is 0 Å². The van der Waals surface area contributed by atoms with E-state index in [-0.39, 0.29) is 6.54 Å². The SMILES string of the molecule is COC(=O)c1ccc(C=C(CNC(=O)OC(C)(C)C)B2OC(C)(C)C(C)(C)O2)c(OC)c1. The molecule has 1 aliphatic heterocycles. The van der Waals surface area contributed by atoms with Gasteiger partial charge in [-0.25, -0.2) is 9.59 Å². The Hall–Kier alpha value is -2.52. The predicted octanol–water partition coefficient (Wildman–Crippen LogP) is 4.02. The summed E-state index contributed by atoms with van der Waals surface area (Å²) >= 11 is 0. The topological polar surface area (TPSA) is 92.3 Å². The molecule has 176 valence electrons. The highest BCUT2D eigenvalue weighted by molar-refractivity contribution is 6.56. The van der Waals surface area contributed by atoms with Gasteiger partial charge >= 0.3 is 19.2 Å². The highest BCUT2D eigenvalue weighted by Gasteiger charge is 2.52. The van der Waals surface area contributed by atoms with Gasteiger partial charge in [-0.05, 0) is 66.1 Å². The molecular weight excluding hydrogens is 413 g/mol. The van der Waals surface area contributed by atoms with Crippen LogP contribution in [0, 0.1) is 0 Å². The van der Waals surface area contributed by atoms with Crippen LogP contribution in [-0.2, 0) is 18.8 Å². The van der Waals surface area contributed by atoms with Crippen molar-refractivity contribution < 1.29 is 33.1 Å². The molecule has 0 aromatic heterocycles. The van der Waals surface area contributed by atoms with Gasteiger partial charge in [0.1, 0.15) is 11.4 Å². The molecule has 0 aliphatic carbocycles. The molecule has 0 bridgehead atoms. The highest BCUT2D eigenvalue weighted by Crippen LogP contribution is 2.39. The number of carbonyl (C=O) groups is 2. The van der Waals surface area contributed by atoms with Gasteiger partial charge in [-0.3, -0.25) is 0 Å². The van der Waals surface area contributed by atoms with Crippen LogP contribution in [0.2, 0.25) is 0 Å². The van der Waals surface area contributed by atoms with E-state index in [2.05, 4.69) is 5.32 Å². The number of carbonyl (C=O) groups excluding carboxylic acids is 2. The zero-order valence-corrected chi connectivity index (χ0v) is 20.5. The Balaban J connectivity index is 2.39. The van der Waals surface area contributed by atoms with E-state index in [1.807, 2.05) is 33.8 Å². The first-order chi connectivity index (χ1) is 14.7. The molecule has 1 saturated heterocycles. The smallest absolute Gasteiger partial charge is 0.492 e. The summed E-state index contributed by atoms with van der Waals surface area (Å²) in [5, 5.41) is 2.76. The first-order valence-electron chi connectivity index (χ1n) is 10.5. The van der Waals surface area contributed by atoms with E-state index < -0.39 is 36.0 Å². The van der Waals surface area contributed by atoms with Gasteiger partial charge in [-0.15, -0.1) is 0 Å². The third-order valence-corrected chi connectivity index (χ3v) is 5.39. The first-order valence-corrected chi connectivity index (χ1v) is 10.5. The Morgan fingerprint density at radius 1 is 1.09 bits per heavy atom. The molecule has 1 aromatic carbocycles. The van der Waals surface area contributed by atoms with Crippen molar-refractivity contribution in [3.8, 4) is 5.75 Å². The Labute approximate surface area is 190 Å². The Morgan fingerprint density at radius 3 is 2.19 bits per heavy atom. The van der Waals surface area contributed by atoms with Crippen LogP contribution < -0.4 is 10.1 Å². The molecule has 1 amide bonds. The van der Waals surface area contributed by atoms with Crippen LogP contribution in [0.1, 0.15) is 64.4 Å². The monoisotopic (exact) mass is 447 g/mol. The minimum atomic E-state index is -0.695. The summed E-state index contributed by atoms with van der Waals surface area (Å²) < 4.78 is 28.0. The van der Waals surface area contributed by atoms with Gasteiger partial charge in [0.15, 0.2) is 0 Å². The fourth-order valence-corrected chi connectivity index (χ4v) is 2.96. The molecule has 1 heterocycles. The van der Waals surface area contributed by atoms with Crippen molar-refractivity contribution >= 4 is 25.3 Å². The second-order valence-electron chi connectivity index (χ2n) is 9.61. The van der Waals surface area contributed by atoms with E-state index >= 15 is 0 Å². The van der Waals surface area contributed by atoms with Gasteiger partial charge in [0.05, 0.1) is 31.0 Å². The molecule has 0 atom stereocenters. The zero-order valence-electron chi connectivity index (χ0n) is 20.5. The van der Waals surface area contributed by atoms with Crippen LogP contribution in [0.4, 0.5) is 4.79 Å². The van der Waals surface area contributed by atoms with Crippen molar-refractivity contribution in [2.45, 2.75) is 65.3 Å². The van der Waals surface area contributed by atoms with E-state index in [4.69, 9.17) is 23.5 Å². The summed E-state index contributed by atoms with van der Waals surface area (Å²) in [5.74, 6) is 0.00999. The molecule has 9 heteroatoms. The van der Waals surface area contributed by atoms with Gasteiger partial charge in [0, 0.05) is 12.1 Å². The molecule has 1 aromatic rings. The van der Waals surface area contributed by atoms with Crippen LogP contribution in [0.25, 0.3) is 6.08 Å². The van der Waals surface area contributed by atoms with Crippen molar-refractivity contribution in [2.75, 3.05) is 20.8 Å². The first kappa shape index (κ1) is 25.7. The van der Waals surface area contributed by atoms with Crippen LogP contribution in [0.3, 0.4) is 0 Å². The van der Waals surface area contributed by atoms with Crippen LogP contribution in [0.15, 0.2) is 23.7 Å². The molecule has 1 fully saturated rings. The lowest BCUT2D eigenvalue weighted by atomic mass is 9.77. The number of esters is 1. The van der Waals surface area contributed by atoms with Gasteiger partial charge in [-0.1, -0.05) is 12.1 Å². The minimum absolute atomic E-state index is 0.133. The lowest BCUT2D eigenvalue weighted by Crippen LogP contribution is -2.41. The normalized spacial score (nSPS) is 17.7. The van der Waals surface area contributed by atoms with Gasteiger partial charge in [0.25, 0.3) is 0 Å². The van der Waals surface area contributed by atoms with Crippen LogP contribution in [0.5, 0.6) is 5.75 Å². The standard InChI is InChI=1S/C23H34BNO7/c1-21(2,3)30-20(27)25-14-17(24-31-22(4,5)23(6,7)32-24)12-15-10-11-16(19(26)29-9)13-18(15)28-8/h10-13H,14H2,1-9H3,(H,25,27). The second-order valence-corrected chi connectivity index (χ2v) is 9.61. The second kappa shape index (κ2) is 9.54. The van der Waals surface area contributed by atoms with Crippen LogP contribution in [-0.4, -0.2) is 56.7 Å². The summed E-state index contributed by atoms with van der Waals surface area (Å²) in [7, 11) is 2.14. The summed E-state index contributed by atoms with van der Waals surface area (Å²) in [4.78, 5) is 24.1. The molecule has 0 spiro atoms. The molecule has 0 unspecified atom stereocenters. The maximum absolute atomic E-state index is 12.2. The van der Waals surface area contributed by atoms with E-state index in [1.165, 1.54) is 14.2 Å². The fraction of sp³-hybridized carbons (Fsp3) is 0.565. The van der Waals surface area contributed by atoms with Crippen molar-refractivity contribution in [1.82, 2.24) is 5.32 Å². The Bertz CT molecular complexity index is 871. The van der Waals surface area contributed by atoms with E-state index in [9.17, 15) is 9.59 Å². The molecule has 2 rings (SSSR count). The summed E-state index contributed by atoms with van der Waals surface area (Å²) in [6, 6.07) is 4.98. The number of benzene rings is 1. The average molecular weight is 447 g/mol. The number of hydrogen-bond donors (Lipinski definition) is 1. The molecule has 1 N–H and O–H groups in total. The minimum Gasteiger partial charge on any atom is -0.496 e. The Kier molecular flexibility index (Phi) is 7.68. The molecule has 0 saturated carbocycles. The lowest BCUT2D eigenvalue weighted by Gasteiger charge is -2.32. The maximum atomic E-state index is 12.2. The van der Waals surface area contributed by atoms with Crippen molar-refractivity contribution in [1.29, 1.82) is 0 Å². The van der Waals surface area contributed by atoms with Crippen molar-refractivity contribution in [2.24, 2.45) is 0 Å². The largest absolute Gasteiger partial charge is 0.496 e. The molecule has 8 nitrogen and oxygen atoms in total. The molecule has 1 aliphatic rings. The Morgan fingerprint density at radius 2 is 1.69 bits per heavy atom. The van der Waals surface area contributed by atoms with Gasteiger partial charge < -0.3 is 28.8 Å². The van der Waals surface area contributed by atoms with Crippen molar-refractivity contribution in [3.05, 3.63) is 34.8 Å². The van der Waals surface area contributed by atoms with E-state index in [1.54, 1.807) is 39.0 Å². The third-order valence-electron chi connectivity index (χ3n) is 5.39. The average Bonchev–Trinajstić information content (AvgIpc) is 2.90. The molecular formula is C23H34BNO7.